The molecule has 2 aromatic heterocycles. The third kappa shape index (κ3) is 11.5. The second-order valence-electron chi connectivity index (χ2n) is 20.5. The van der Waals surface area contributed by atoms with Gasteiger partial charge in [-0.1, -0.05) is 6.42 Å². The smallest absolute Gasteiger partial charge is 0.234 e. The molecule has 1 atom stereocenters. The fraction of sp³-hybridized carbons (Fsp3) is 0.682. The predicted molar refractivity (Wildman–Crippen MR) is 235 cm³/mol. The molecule has 5 N–H and O–H groups in total. The monoisotopic (exact) mass is 846 g/mol. The molecule has 6 aliphatic rings. The normalized spacial score (nSPS) is 23.7. The van der Waals surface area contributed by atoms with E-state index in [0.717, 1.165) is 75.5 Å². The van der Waals surface area contributed by atoms with Crippen LogP contribution < -0.4 is 26.6 Å². The van der Waals surface area contributed by atoms with Gasteiger partial charge in [0.2, 0.25) is 23.6 Å². The van der Waals surface area contributed by atoms with Crippen molar-refractivity contribution in [1.29, 1.82) is 0 Å². The van der Waals surface area contributed by atoms with Crippen molar-refractivity contribution >= 4 is 41.2 Å². The van der Waals surface area contributed by atoms with E-state index in [9.17, 15) is 19.2 Å². The Morgan fingerprint density at radius 3 is 1.85 bits per heavy atom. The lowest BCUT2D eigenvalue weighted by Gasteiger charge is -2.58. The molecule has 3 saturated heterocycles. The molecule has 4 aliphatic heterocycles. The molecule has 2 aromatic rings. The van der Waals surface area contributed by atoms with Gasteiger partial charge in [0.05, 0.1) is 24.2 Å². The Morgan fingerprint density at radius 1 is 0.783 bits per heavy atom. The molecule has 8 rings (SSSR count). The third-order valence-corrected chi connectivity index (χ3v) is 13.3. The Labute approximate surface area is 360 Å². The minimum Gasteiger partial charge on any atom is -0.358 e. The summed E-state index contributed by atoms with van der Waals surface area (Å²) >= 11 is 1.77. The van der Waals surface area contributed by atoms with Gasteiger partial charge in [0.1, 0.15) is 11.6 Å². The Morgan fingerprint density at radius 2 is 1.33 bits per heavy atom. The molecule has 0 radical (unpaired) electrons. The maximum Gasteiger partial charge on any atom is 0.234 e. The lowest BCUT2D eigenvalue weighted by Crippen LogP contribution is -2.65. The standard InChI is InChI=1S/C22H30N6O2.C22H37N5O2S/c1-21(2,3)25-18(29)12-28-13-22(14-28)10-15(11-22)20(30)24-19-16(6-5-8-23-19)17-7-9-27(4)26-17;1-21(2,3)25-18(28)11-27-14-22(15-27)9-16(10-22)20(29)24-17-13-30-19(23-17)12-26-7-5-4-6-8-26/h5-9,15H,10-14H2,1-4H3,(H,25,29)(H,23,24,30);13,16,19,23H,4-12,14-15H2,1-3H3,(H,24,29)(H,25,28). The van der Waals surface area contributed by atoms with Gasteiger partial charge in [-0.05, 0) is 122 Å². The molecule has 15 nitrogen and oxygen atoms in total. The van der Waals surface area contributed by atoms with Crippen molar-refractivity contribution in [2.75, 3.05) is 64.2 Å². The first kappa shape index (κ1) is 44.1. The molecule has 2 spiro atoms. The van der Waals surface area contributed by atoms with E-state index in [-0.39, 0.29) is 57.4 Å². The molecule has 2 saturated carbocycles. The molecular weight excluding hydrogens is 779 g/mol. The van der Waals surface area contributed by atoms with Gasteiger partial charge in [-0.3, -0.25) is 33.7 Å². The van der Waals surface area contributed by atoms with E-state index < -0.39 is 0 Å². The van der Waals surface area contributed by atoms with Crippen LogP contribution in [0.15, 0.2) is 41.8 Å². The van der Waals surface area contributed by atoms with Crippen molar-refractivity contribution in [2.45, 2.75) is 103 Å². The van der Waals surface area contributed by atoms with E-state index in [1.165, 1.54) is 32.4 Å². The maximum absolute atomic E-state index is 12.8. The summed E-state index contributed by atoms with van der Waals surface area (Å²) < 4.78 is 1.73. The van der Waals surface area contributed by atoms with Crippen LogP contribution in [0.3, 0.4) is 0 Å². The van der Waals surface area contributed by atoms with E-state index in [1.54, 1.807) is 22.6 Å². The largest absolute Gasteiger partial charge is 0.358 e. The Bertz CT molecular complexity index is 1900. The number of rotatable bonds is 11. The highest BCUT2D eigenvalue weighted by atomic mass is 32.2. The van der Waals surface area contributed by atoms with Gasteiger partial charge in [0.15, 0.2) is 0 Å². The number of nitrogens with zero attached hydrogens (tertiary/aromatic N) is 6. The summed E-state index contributed by atoms with van der Waals surface area (Å²) in [6, 6.07) is 5.67. The van der Waals surface area contributed by atoms with E-state index >= 15 is 0 Å². The molecule has 4 amide bonds. The fourth-order valence-electron chi connectivity index (χ4n) is 9.85. The Kier molecular flexibility index (Phi) is 13.1. The number of carbonyl (C=O) groups excluding carboxylic acids is 4. The van der Waals surface area contributed by atoms with Crippen molar-refractivity contribution in [3.05, 3.63) is 41.8 Å². The molecule has 16 heteroatoms. The number of amides is 4. The molecule has 0 bridgehead atoms. The third-order valence-electron chi connectivity index (χ3n) is 12.3. The first-order chi connectivity index (χ1) is 28.3. The number of pyridine rings is 1. The van der Waals surface area contributed by atoms with Crippen LogP contribution in [0.1, 0.15) is 86.5 Å². The molecule has 6 heterocycles. The molecule has 5 fully saturated rings. The van der Waals surface area contributed by atoms with Crippen LogP contribution in [0.25, 0.3) is 11.3 Å². The summed E-state index contributed by atoms with van der Waals surface area (Å²) in [5.74, 6) is 1.81. The van der Waals surface area contributed by atoms with Gasteiger partial charge in [0.25, 0.3) is 0 Å². The Balaban J connectivity index is 0.000000181. The quantitative estimate of drug-likeness (QED) is 0.224. The second-order valence-corrected chi connectivity index (χ2v) is 21.6. The van der Waals surface area contributed by atoms with Gasteiger partial charge in [-0.2, -0.15) is 5.10 Å². The second kappa shape index (κ2) is 17.8. The number of thioether (sulfide) groups is 1. The van der Waals surface area contributed by atoms with Crippen molar-refractivity contribution in [3.8, 4) is 11.3 Å². The number of hydrogen-bond donors (Lipinski definition) is 5. The summed E-state index contributed by atoms with van der Waals surface area (Å²) in [6.07, 6.45) is 11.1. The summed E-state index contributed by atoms with van der Waals surface area (Å²) in [5.41, 5.74) is 1.66. The summed E-state index contributed by atoms with van der Waals surface area (Å²) in [4.78, 5) is 60.8. The number of piperidine rings is 1. The van der Waals surface area contributed by atoms with Crippen LogP contribution in [0, 0.1) is 22.7 Å². The molecule has 0 aromatic carbocycles. The number of aryl methyl sites for hydroxylation is 1. The maximum atomic E-state index is 12.8. The summed E-state index contributed by atoms with van der Waals surface area (Å²) in [7, 11) is 1.86. The van der Waals surface area contributed by atoms with Gasteiger partial charge in [0, 0.05) is 86.1 Å². The van der Waals surface area contributed by atoms with Gasteiger partial charge in [-0.25, -0.2) is 4.98 Å². The van der Waals surface area contributed by atoms with E-state index in [1.807, 2.05) is 73.0 Å². The van der Waals surface area contributed by atoms with E-state index in [4.69, 9.17) is 0 Å². The van der Waals surface area contributed by atoms with Crippen LogP contribution >= 0.6 is 11.8 Å². The molecule has 60 heavy (non-hydrogen) atoms. The first-order valence-electron chi connectivity index (χ1n) is 21.8. The topological polar surface area (TPSA) is 169 Å². The van der Waals surface area contributed by atoms with E-state index in [0.29, 0.717) is 24.3 Å². The van der Waals surface area contributed by atoms with Crippen LogP contribution in [0.2, 0.25) is 0 Å². The molecule has 2 aliphatic carbocycles. The van der Waals surface area contributed by atoms with E-state index in [2.05, 4.69) is 56.8 Å². The number of carbonyl (C=O) groups is 4. The lowest BCUT2D eigenvalue weighted by atomic mass is 9.57. The van der Waals surface area contributed by atoms with Gasteiger partial charge in [-0.15, -0.1) is 11.8 Å². The highest BCUT2D eigenvalue weighted by Crippen LogP contribution is 2.53. The zero-order valence-corrected chi connectivity index (χ0v) is 37.6. The molecule has 1 unspecified atom stereocenters. The minimum atomic E-state index is -0.209. The summed E-state index contributed by atoms with van der Waals surface area (Å²) in [5, 5.41) is 22.4. The zero-order valence-electron chi connectivity index (χ0n) is 36.7. The minimum absolute atomic E-state index is 0.00543. The average Bonchev–Trinajstić information content (AvgIpc) is 3.73. The zero-order chi connectivity index (χ0) is 42.9. The average molecular weight is 846 g/mol. The van der Waals surface area contributed by atoms with Crippen molar-refractivity contribution in [3.63, 3.8) is 0 Å². The molecule has 328 valence electrons. The summed E-state index contributed by atoms with van der Waals surface area (Å²) in [6.45, 7) is 19.9. The fourth-order valence-corrected chi connectivity index (χ4v) is 10.8. The van der Waals surface area contributed by atoms with Crippen molar-refractivity contribution < 1.29 is 19.2 Å². The van der Waals surface area contributed by atoms with Gasteiger partial charge < -0.3 is 31.5 Å². The highest BCUT2D eigenvalue weighted by molar-refractivity contribution is 8.03. The number of nitrogens with one attached hydrogen (secondary N) is 5. The van der Waals surface area contributed by atoms with Crippen LogP contribution in [0.4, 0.5) is 5.82 Å². The van der Waals surface area contributed by atoms with Crippen LogP contribution in [-0.2, 0) is 26.2 Å². The van der Waals surface area contributed by atoms with Crippen molar-refractivity contribution in [1.82, 2.24) is 50.7 Å². The van der Waals surface area contributed by atoms with Crippen LogP contribution in [0.5, 0.6) is 0 Å². The predicted octanol–water partition coefficient (Wildman–Crippen LogP) is 3.72. The number of anilines is 1. The number of hydrogen-bond acceptors (Lipinski definition) is 11. The van der Waals surface area contributed by atoms with Gasteiger partial charge >= 0.3 is 0 Å². The Hall–Kier alpha value is -3.99. The first-order valence-corrected chi connectivity index (χ1v) is 22.7. The number of likely N-dealkylation sites (tertiary alicyclic amines) is 3. The SMILES string of the molecule is CC(C)(C)NC(=O)CN1CC2(CC(C(=O)NC3=CSC(CN4CCCCC4)N3)C2)C1.Cn1ccc(-c2cccnc2NC(=O)C2CC3(C2)CN(CC(=O)NC(C)(C)C)C3)n1. The van der Waals surface area contributed by atoms with Crippen LogP contribution in [-0.4, -0.2) is 128 Å². The molecular formula is C44H67N11O4S. The van der Waals surface area contributed by atoms with Crippen molar-refractivity contribution in [2.24, 2.45) is 29.7 Å². The lowest BCUT2D eigenvalue weighted by molar-refractivity contribution is -0.147. The number of aromatic nitrogens is 3. The highest BCUT2D eigenvalue weighted by Gasteiger charge is 2.55.